The molecule has 0 heterocycles. The van der Waals surface area contributed by atoms with E-state index in [1.165, 1.54) is 0 Å². The molecule has 6 nitrogen and oxygen atoms in total. The molecule has 3 amide bonds. The minimum Gasteiger partial charge on any atom is -0.349 e. The van der Waals surface area contributed by atoms with Crippen LogP contribution >= 0.6 is 0 Å². The molecule has 0 aliphatic heterocycles. The number of benzene rings is 1. The van der Waals surface area contributed by atoms with Crippen LogP contribution < -0.4 is 16.0 Å². The predicted molar refractivity (Wildman–Crippen MR) is 102 cm³/mol. The summed E-state index contributed by atoms with van der Waals surface area (Å²) in [5, 5.41) is 8.15. The first-order valence-corrected chi connectivity index (χ1v) is 9.54. The van der Waals surface area contributed by atoms with E-state index in [2.05, 4.69) is 29.8 Å². The first kappa shape index (κ1) is 19.9. The van der Waals surface area contributed by atoms with Gasteiger partial charge < -0.3 is 16.0 Å². The van der Waals surface area contributed by atoms with Gasteiger partial charge in [-0.15, -0.1) is 0 Å². The quantitative estimate of drug-likeness (QED) is 0.593. The largest absolute Gasteiger partial charge is 0.349 e. The summed E-state index contributed by atoms with van der Waals surface area (Å²) >= 11 is 0. The minimum atomic E-state index is -0.748. The van der Waals surface area contributed by atoms with E-state index in [1.54, 1.807) is 24.3 Å². The number of carbonyl (C=O) groups is 3. The van der Waals surface area contributed by atoms with Crippen LogP contribution in [-0.4, -0.2) is 30.3 Å². The Hall–Kier alpha value is -2.37. The summed E-state index contributed by atoms with van der Waals surface area (Å²) in [5.74, 6) is -1.27. The van der Waals surface area contributed by atoms with Crippen molar-refractivity contribution < 1.29 is 14.4 Å². The monoisotopic (exact) mass is 359 g/mol. The van der Waals surface area contributed by atoms with Crippen LogP contribution in [0.15, 0.2) is 24.3 Å². The molecule has 1 aliphatic rings. The molecule has 26 heavy (non-hydrogen) atoms. The van der Waals surface area contributed by atoms with Gasteiger partial charge in [0, 0.05) is 12.6 Å². The number of amides is 3. The zero-order valence-electron chi connectivity index (χ0n) is 15.6. The second-order valence-corrected chi connectivity index (χ2v) is 6.87. The standard InChI is InChI=1S/C20H29N3O3/c1-3-5-8-14(4-2)13-21-19(25)20(26)23-17-10-7-6-9-16(17)18(24)22-15-11-12-15/h6-7,9-10,14-15H,3-5,8,11-13H2,1-2H3,(H,21,25)(H,22,24)(H,23,26)/t14-/m0/s1. The van der Waals surface area contributed by atoms with Gasteiger partial charge in [0.25, 0.3) is 5.91 Å². The second-order valence-electron chi connectivity index (χ2n) is 6.87. The van der Waals surface area contributed by atoms with Gasteiger partial charge in [0.05, 0.1) is 11.3 Å². The molecule has 1 saturated carbocycles. The van der Waals surface area contributed by atoms with Crippen LogP contribution in [0.5, 0.6) is 0 Å². The summed E-state index contributed by atoms with van der Waals surface area (Å²) in [6.45, 7) is 4.71. The maximum atomic E-state index is 12.3. The maximum absolute atomic E-state index is 12.3. The molecule has 0 saturated heterocycles. The van der Waals surface area contributed by atoms with E-state index in [0.717, 1.165) is 38.5 Å². The lowest BCUT2D eigenvalue weighted by molar-refractivity contribution is -0.136. The van der Waals surface area contributed by atoms with Crippen molar-refractivity contribution in [2.45, 2.75) is 58.4 Å². The van der Waals surface area contributed by atoms with Gasteiger partial charge in [-0.3, -0.25) is 14.4 Å². The predicted octanol–water partition coefficient (Wildman–Crippen LogP) is 2.85. The SMILES string of the molecule is CCCC[C@H](CC)CNC(=O)C(=O)Nc1ccccc1C(=O)NC1CC1. The summed E-state index contributed by atoms with van der Waals surface area (Å²) in [6, 6.07) is 6.95. The number of rotatable bonds is 9. The zero-order chi connectivity index (χ0) is 18.9. The van der Waals surface area contributed by atoms with Crippen molar-refractivity contribution >= 4 is 23.4 Å². The topological polar surface area (TPSA) is 87.3 Å². The minimum absolute atomic E-state index is 0.226. The fourth-order valence-electron chi connectivity index (χ4n) is 2.72. The molecule has 142 valence electrons. The summed E-state index contributed by atoms with van der Waals surface area (Å²) in [6.07, 6.45) is 6.21. The van der Waals surface area contributed by atoms with E-state index in [4.69, 9.17) is 0 Å². The molecule has 2 rings (SSSR count). The third-order valence-corrected chi connectivity index (χ3v) is 4.63. The second kappa shape index (κ2) is 9.94. The molecule has 1 fully saturated rings. The fraction of sp³-hybridized carbons (Fsp3) is 0.550. The number of unbranched alkanes of at least 4 members (excludes halogenated alkanes) is 1. The number of nitrogens with one attached hydrogen (secondary N) is 3. The van der Waals surface area contributed by atoms with Gasteiger partial charge in [-0.25, -0.2) is 0 Å². The number of hydrogen-bond donors (Lipinski definition) is 3. The first-order valence-electron chi connectivity index (χ1n) is 9.54. The van der Waals surface area contributed by atoms with Gasteiger partial charge in [0.1, 0.15) is 0 Å². The van der Waals surface area contributed by atoms with Crippen LogP contribution in [0.25, 0.3) is 0 Å². The normalized spacial score (nSPS) is 14.4. The van der Waals surface area contributed by atoms with Crippen molar-refractivity contribution in [2.24, 2.45) is 5.92 Å². The lowest BCUT2D eigenvalue weighted by Gasteiger charge is -2.15. The van der Waals surface area contributed by atoms with E-state index in [1.807, 2.05) is 0 Å². The van der Waals surface area contributed by atoms with Gasteiger partial charge in [-0.05, 0) is 37.3 Å². The highest BCUT2D eigenvalue weighted by Crippen LogP contribution is 2.21. The van der Waals surface area contributed by atoms with Crippen molar-refractivity contribution in [3.63, 3.8) is 0 Å². The summed E-state index contributed by atoms with van der Waals surface area (Å²) < 4.78 is 0. The van der Waals surface area contributed by atoms with Crippen molar-refractivity contribution in [1.29, 1.82) is 0 Å². The number of hydrogen-bond acceptors (Lipinski definition) is 3. The smallest absolute Gasteiger partial charge is 0.313 e. The average Bonchev–Trinajstić information content (AvgIpc) is 3.46. The van der Waals surface area contributed by atoms with E-state index in [-0.39, 0.29) is 11.9 Å². The van der Waals surface area contributed by atoms with Crippen LogP contribution in [0, 0.1) is 5.92 Å². The molecule has 1 aliphatic carbocycles. The molecule has 6 heteroatoms. The van der Waals surface area contributed by atoms with Gasteiger partial charge in [0.2, 0.25) is 0 Å². The first-order chi connectivity index (χ1) is 12.5. The molecule has 3 N–H and O–H groups in total. The van der Waals surface area contributed by atoms with Gasteiger partial charge in [-0.2, -0.15) is 0 Å². The molecule has 0 aromatic heterocycles. The highest BCUT2D eigenvalue weighted by molar-refractivity contribution is 6.40. The van der Waals surface area contributed by atoms with E-state index in [9.17, 15) is 14.4 Å². The molecular formula is C20H29N3O3. The lowest BCUT2D eigenvalue weighted by atomic mass is 9.99. The van der Waals surface area contributed by atoms with Crippen molar-refractivity contribution in [3.05, 3.63) is 29.8 Å². The lowest BCUT2D eigenvalue weighted by Crippen LogP contribution is -2.38. The Bertz CT molecular complexity index is 641. The zero-order valence-corrected chi connectivity index (χ0v) is 15.6. The van der Waals surface area contributed by atoms with Gasteiger partial charge in [0.15, 0.2) is 0 Å². The Kier molecular flexibility index (Phi) is 7.63. The molecule has 0 radical (unpaired) electrons. The van der Waals surface area contributed by atoms with Crippen LogP contribution in [0.3, 0.4) is 0 Å². The van der Waals surface area contributed by atoms with E-state index >= 15 is 0 Å². The van der Waals surface area contributed by atoms with E-state index in [0.29, 0.717) is 23.7 Å². The summed E-state index contributed by atoms with van der Waals surface area (Å²) in [5.41, 5.74) is 0.721. The highest BCUT2D eigenvalue weighted by atomic mass is 16.2. The molecular weight excluding hydrogens is 330 g/mol. The summed E-state index contributed by atoms with van der Waals surface area (Å²) in [7, 11) is 0. The number of para-hydroxylation sites is 1. The van der Waals surface area contributed by atoms with Crippen molar-refractivity contribution in [2.75, 3.05) is 11.9 Å². The Morgan fingerprint density at radius 2 is 1.85 bits per heavy atom. The molecule has 1 atom stereocenters. The number of anilines is 1. The Labute approximate surface area is 155 Å². The van der Waals surface area contributed by atoms with Crippen molar-refractivity contribution in [1.82, 2.24) is 10.6 Å². The van der Waals surface area contributed by atoms with Crippen LogP contribution in [0.4, 0.5) is 5.69 Å². The van der Waals surface area contributed by atoms with Crippen molar-refractivity contribution in [3.8, 4) is 0 Å². The third-order valence-electron chi connectivity index (χ3n) is 4.63. The molecule has 0 spiro atoms. The van der Waals surface area contributed by atoms with Crippen LogP contribution in [0.1, 0.15) is 62.7 Å². The highest BCUT2D eigenvalue weighted by Gasteiger charge is 2.25. The number of carbonyl (C=O) groups excluding carboxylic acids is 3. The molecule has 0 unspecified atom stereocenters. The maximum Gasteiger partial charge on any atom is 0.313 e. The van der Waals surface area contributed by atoms with Crippen LogP contribution in [0.2, 0.25) is 0 Å². The van der Waals surface area contributed by atoms with E-state index < -0.39 is 11.8 Å². The average molecular weight is 359 g/mol. The molecule has 0 bridgehead atoms. The van der Waals surface area contributed by atoms with Gasteiger partial charge >= 0.3 is 11.8 Å². The third kappa shape index (κ3) is 6.17. The molecule has 1 aromatic rings. The Morgan fingerprint density at radius 1 is 1.12 bits per heavy atom. The Morgan fingerprint density at radius 3 is 2.50 bits per heavy atom. The molecule has 1 aromatic carbocycles. The van der Waals surface area contributed by atoms with Crippen LogP contribution in [-0.2, 0) is 9.59 Å². The Balaban J connectivity index is 1.90. The van der Waals surface area contributed by atoms with Gasteiger partial charge in [-0.1, -0.05) is 45.2 Å². The summed E-state index contributed by atoms with van der Waals surface area (Å²) in [4.78, 5) is 36.5. The fourth-order valence-corrected chi connectivity index (χ4v) is 2.72.